The van der Waals surface area contributed by atoms with Crippen molar-refractivity contribution in [3.63, 3.8) is 0 Å². The quantitative estimate of drug-likeness (QED) is 0.867. The molecule has 1 aliphatic rings. The smallest absolute Gasteiger partial charge is 0.410 e. The second-order valence-electron chi connectivity index (χ2n) is 5.20. The maximum atomic E-state index is 12.0. The van der Waals surface area contributed by atoms with Gasteiger partial charge in [-0.1, -0.05) is 12.7 Å². The molecule has 8 heteroatoms. The zero-order valence-electron chi connectivity index (χ0n) is 11.8. The summed E-state index contributed by atoms with van der Waals surface area (Å²) in [5.74, 6) is 0. The molecule has 0 spiro atoms. The van der Waals surface area contributed by atoms with E-state index in [2.05, 4.69) is 11.6 Å². The van der Waals surface area contributed by atoms with E-state index in [1.165, 1.54) is 6.08 Å². The van der Waals surface area contributed by atoms with Gasteiger partial charge in [0.1, 0.15) is 11.4 Å². The van der Waals surface area contributed by atoms with Crippen LogP contribution >= 0.6 is 22.9 Å². The lowest BCUT2D eigenvalue weighted by molar-refractivity contribution is 0.102. The van der Waals surface area contributed by atoms with Crippen LogP contribution in [0.25, 0.3) is 4.83 Å². The van der Waals surface area contributed by atoms with Crippen LogP contribution in [0.3, 0.4) is 0 Å². The Bertz CT molecular complexity index is 699. The van der Waals surface area contributed by atoms with E-state index in [1.54, 1.807) is 22.4 Å². The van der Waals surface area contributed by atoms with E-state index in [1.807, 2.05) is 10.6 Å². The summed E-state index contributed by atoms with van der Waals surface area (Å²) in [5.41, 5.74) is 0. The van der Waals surface area contributed by atoms with Crippen LogP contribution in [0, 0.1) is 0 Å². The molecule has 1 aliphatic heterocycles. The Kier molecular flexibility index (Phi) is 4.37. The van der Waals surface area contributed by atoms with Gasteiger partial charge in [-0.25, -0.2) is 9.78 Å². The standard InChI is InChI=1S/C14H16ClN3O3S/c1-2-3-21-14(20)17-7-10(19)4-9(17)5-11-8-18-12(22-11)6-16-13(18)15/h2,6,8-10,19H,1,3-5,7H2. The highest BCUT2D eigenvalue weighted by Crippen LogP contribution is 2.27. The first-order chi connectivity index (χ1) is 10.6. The van der Waals surface area contributed by atoms with Crippen LogP contribution in [0.2, 0.25) is 5.28 Å². The van der Waals surface area contributed by atoms with Gasteiger partial charge in [0.15, 0.2) is 0 Å². The second-order valence-corrected chi connectivity index (χ2v) is 6.68. The molecule has 2 unspecified atom stereocenters. The summed E-state index contributed by atoms with van der Waals surface area (Å²) in [4.78, 5) is 19.7. The van der Waals surface area contributed by atoms with Crippen molar-refractivity contribution in [2.24, 2.45) is 0 Å². The van der Waals surface area contributed by atoms with Gasteiger partial charge in [0.05, 0.1) is 18.8 Å². The summed E-state index contributed by atoms with van der Waals surface area (Å²) in [5, 5.41) is 10.3. The lowest BCUT2D eigenvalue weighted by Crippen LogP contribution is -2.37. The summed E-state index contributed by atoms with van der Waals surface area (Å²) >= 11 is 7.56. The maximum absolute atomic E-state index is 12.0. The molecule has 3 heterocycles. The monoisotopic (exact) mass is 341 g/mol. The van der Waals surface area contributed by atoms with Crippen LogP contribution in [-0.4, -0.2) is 50.8 Å². The molecule has 6 nitrogen and oxygen atoms in total. The third-order valence-corrected chi connectivity index (χ3v) is 4.94. The Morgan fingerprint density at radius 2 is 2.50 bits per heavy atom. The number of imidazole rings is 1. The van der Waals surface area contributed by atoms with Crippen molar-refractivity contribution in [3.8, 4) is 0 Å². The minimum absolute atomic E-state index is 0.0811. The Morgan fingerprint density at radius 1 is 1.68 bits per heavy atom. The predicted molar refractivity (Wildman–Crippen MR) is 84.4 cm³/mol. The number of aliphatic hydroxyl groups excluding tert-OH is 1. The molecular weight excluding hydrogens is 326 g/mol. The number of ether oxygens (including phenoxy) is 1. The Labute approximate surface area is 136 Å². The van der Waals surface area contributed by atoms with E-state index in [0.717, 1.165) is 9.71 Å². The first kappa shape index (κ1) is 15.3. The first-order valence-electron chi connectivity index (χ1n) is 6.92. The molecule has 1 amide bonds. The molecule has 1 fully saturated rings. The number of amides is 1. The van der Waals surface area contributed by atoms with Gasteiger partial charge >= 0.3 is 6.09 Å². The van der Waals surface area contributed by atoms with Gasteiger partial charge in [0, 0.05) is 23.5 Å². The molecule has 118 valence electrons. The third kappa shape index (κ3) is 2.97. The topological polar surface area (TPSA) is 67.1 Å². The number of likely N-dealkylation sites (tertiary alicyclic amines) is 1. The Hall–Kier alpha value is -1.57. The van der Waals surface area contributed by atoms with Crippen LogP contribution in [0.5, 0.6) is 0 Å². The first-order valence-corrected chi connectivity index (χ1v) is 8.11. The summed E-state index contributed by atoms with van der Waals surface area (Å²) < 4.78 is 6.89. The fourth-order valence-corrected chi connectivity index (χ4v) is 3.95. The van der Waals surface area contributed by atoms with Crippen LogP contribution in [0.4, 0.5) is 4.79 Å². The minimum atomic E-state index is -0.516. The maximum Gasteiger partial charge on any atom is 0.410 e. The molecule has 0 bridgehead atoms. The fourth-order valence-electron chi connectivity index (χ4n) is 2.67. The van der Waals surface area contributed by atoms with Gasteiger partial charge in [-0.15, -0.1) is 11.3 Å². The number of hydrogen-bond acceptors (Lipinski definition) is 5. The van der Waals surface area contributed by atoms with E-state index in [4.69, 9.17) is 16.3 Å². The second kappa shape index (κ2) is 6.28. The predicted octanol–water partition coefficient (Wildman–Crippen LogP) is 2.35. The molecule has 0 radical (unpaired) electrons. The van der Waals surface area contributed by atoms with Crippen molar-refractivity contribution >= 4 is 33.9 Å². The van der Waals surface area contributed by atoms with Gasteiger partial charge in [-0.2, -0.15) is 0 Å². The number of thiazole rings is 1. The number of fused-ring (bicyclic) bond motifs is 1. The van der Waals surface area contributed by atoms with Gasteiger partial charge in [-0.05, 0) is 18.0 Å². The van der Waals surface area contributed by atoms with E-state index >= 15 is 0 Å². The summed E-state index contributed by atoms with van der Waals surface area (Å²) in [6.45, 7) is 3.99. The highest BCUT2D eigenvalue weighted by Gasteiger charge is 2.35. The van der Waals surface area contributed by atoms with E-state index < -0.39 is 12.2 Å². The van der Waals surface area contributed by atoms with Gasteiger partial charge in [-0.3, -0.25) is 4.40 Å². The highest BCUT2D eigenvalue weighted by molar-refractivity contribution is 7.17. The molecule has 3 rings (SSSR count). The van der Waals surface area contributed by atoms with E-state index in [0.29, 0.717) is 24.7 Å². The third-order valence-electron chi connectivity index (χ3n) is 3.61. The highest BCUT2D eigenvalue weighted by atomic mass is 35.5. The lowest BCUT2D eigenvalue weighted by atomic mass is 10.1. The fraction of sp³-hybridized carbons (Fsp3) is 0.429. The number of halogens is 1. The van der Waals surface area contributed by atoms with E-state index in [9.17, 15) is 9.90 Å². The molecule has 22 heavy (non-hydrogen) atoms. The number of hydrogen-bond donors (Lipinski definition) is 1. The van der Waals surface area contributed by atoms with Crippen molar-refractivity contribution in [2.45, 2.75) is 25.0 Å². The van der Waals surface area contributed by atoms with Crippen molar-refractivity contribution in [3.05, 3.63) is 35.2 Å². The van der Waals surface area contributed by atoms with Gasteiger partial charge in [0.2, 0.25) is 5.28 Å². The van der Waals surface area contributed by atoms with Gasteiger partial charge in [0.25, 0.3) is 0 Å². The largest absolute Gasteiger partial charge is 0.445 e. The zero-order valence-corrected chi connectivity index (χ0v) is 13.4. The molecular formula is C14H16ClN3O3S. The summed E-state index contributed by atoms with van der Waals surface area (Å²) in [7, 11) is 0. The Morgan fingerprint density at radius 3 is 3.23 bits per heavy atom. The number of carbonyl (C=O) groups excluding carboxylic acids is 1. The van der Waals surface area contributed by atoms with Crippen molar-refractivity contribution in [1.29, 1.82) is 0 Å². The van der Waals surface area contributed by atoms with Crippen LogP contribution in [0.1, 0.15) is 11.3 Å². The number of aromatic nitrogens is 2. The number of β-amino-alcohol motifs (C(OH)–C–C–N with tert-alkyl or cyclic N) is 1. The summed E-state index contributed by atoms with van der Waals surface area (Å²) in [6, 6.07) is -0.0811. The number of aliphatic hydroxyl groups is 1. The molecule has 2 aromatic heterocycles. The molecule has 1 N–H and O–H groups in total. The molecule has 0 aliphatic carbocycles. The van der Waals surface area contributed by atoms with Crippen LogP contribution < -0.4 is 0 Å². The van der Waals surface area contributed by atoms with Crippen molar-refractivity contribution in [2.75, 3.05) is 13.2 Å². The summed E-state index contributed by atoms with van der Waals surface area (Å²) in [6.07, 6.45) is 5.44. The number of nitrogens with zero attached hydrogens (tertiary/aromatic N) is 3. The number of carbonyl (C=O) groups is 1. The number of rotatable bonds is 4. The van der Waals surface area contributed by atoms with Crippen molar-refractivity contribution in [1.82, 2.24) is 14.3 Å². The molecule has 2 atom stereocenters. The minimum Gasteiger partial charge on any atom is -0.445 e. The molecule has 0 aromatic carbocycles. The Balaban J connectivity index is 1.73. The van der Waals surface area contributed by atoms with Crippen LogP contribution in [-0.2, 0) is 11.2 Å². The zero-order chi connectivity index (χ0) is 15.7. The normalized spacial score (nSPS) is 21.5. The molecule has 0 saturated carbocycles. The SMILES string of the molecule is C=CCOC(=O)N1CC(O)CC1Cc1cn2c(Cl)ncc2s1. The van der Waals surface area contributed by atoms with E-state index in [-0.39, 0.29) is 12.6 Å². The molecule has 1 saturated heterocycles. The van der Waals surface area contributed by atoms with Gasteiger partial charge < -0.3 is 14.7 Å². The lowest BCUT2D eigenvalue weighted by Gasteiger charge is -2.22. The molecule has 2 aromatic rings. The average molecular weight is 342 g/mol. The van der Waals surface area contributed by atoms with Crippen LogP contribution in [0.15, 0.2) is 25.0 Å². The average Bonchev–Trinajstić information content (AvgIpc) is 3.14. The van der Waals surface area contributed by atoms with Crippen molar-refractivity contribution < 1.29 is 14.6 Å².